The van der Waals surface area contributed by atoms with Crippen LogP contribution in [0, 0.1) is 5.92 Å². The predicted octanol–water partition coefficient (Wildman–Crippen LogP) is 0.690. The van der Waals surface area contributed by atoms with Crippen molar-refractivity contribution in [1.82, 2.24) is 10.6 Å². The Hall–Kier alpha value is -1.10. The molecule has 0 aliphatic rings. The molecular weight excluding hydrogens is 220 g/mol. The Morgan fingerprint density at radius 3 is 2.41 bits per heavy atom. The minimum Gasteiger partial charge on any atom is -0.463 e. The summed E-state index contributed by atoms with van der Waals surface area (Å²) in [6.07, 6.45) is 1.16. The molecular formula is C12H24N2O3. The highest BCUT2D eigenvalue weighted by atomic mass is 16.5. The number of hydrogen-bond donors (Lipinski definition) is 2. The molecule has 0 aromatic heterocycles. The molecule has 5 heteroatoms. The minimum atomic E-state index is -0.300. The van der Waals surface area contributed by atoms with Crippen LogP contribution in [-0.2, 0) is 14.3 Å². The number of hydrogen-bond acceptors (Lipinski definition) is 4. The summed E-state index contributed by atoms with van der Waals surface area (Å²) in [5.41, 5.74) is 0. The van der Waals surface area contributed by atoms with E-state index < -0.39 is 0 Å². The van der Waals surface area contributed by atoms with Crippen molar-refractivity contribution in [3.8, 4) is 0 Å². The maximum Gasteiger partial charge on any atom is 0.310 e. The molecule has 1 unspecified atom stereocenters. The lowest BCUT2D eigenvalue weighted by atomic mass is 10.2. The monoisotopic (exact) mass is 244 g/mol. The molecule has 0 bridgehead atoms. The number of carbonyl (C=O) groups is 2. The average Bonchev–Trinajstić information content (AvgIpc) is 2.25. The van der Waals surface area contributed by atoms with Gasteiger partial charge in [0.15, 0.2) is 0 Å². The van der Waals surface area contributed by atoms with E-state index in [4.69, 9.17) is 4.74 Å². The van der Waals surface area contributed by atoms with Crippen molar-refractivity contribution in [2.24, 2.45) is 5.92 Å². The maximum atomic E-state index is 11.4. The predicted molar refractivity (Wildman–Crippen MR) is 66.6 cm³/mol. The SMILES string of the molecule is CNCCCC(=O)NCC(C)C(=O)OC(C)C. The van der Waals surface area contributed by atoms with E-state index in [1.54, 1.807) is 20.8 Å². The fourth-order valence-electron chi connectivity index (χ4n) is 1.21. The van der Waals surface area contributed by atoms with Crippen LogP contribution in [0.5, 0.6) is 0 Å². The van der Waals surface area contributed by atoms with Crippen LogP contribution in [0.15, 0.2) is 0 Å². The summed E-state index contributed by atoms with van der Waals surface area (Å²) >= 11 is 0. The van der Waals surface area contributed by atoms with Gasteiger partial charge in [-0.15, -0.1) is 0 Å². The van der Waals surface area contributed by atoms with Gasteiger partial charge in [0.25, 0.3) is 0 Å². The van der Waals surface area contributed by atoms with E-state index in [0.717, 1.165) is 13.0 Å². The third-order valence-corrected chi connectivity index (χ3v) is 2.19. The molecule has 17 heavy (non-hydrogen) atoms. The van der Waals surface area contributed by atoms with Crippen LogP contribution in [0.2, 0.25) is 0 Å². The van der Waals surface area contributed by atoms with Crippen molar-refractivity contribution in [2.45, 2.75) is 39.7 Å². The van der Waals surface area contributed by atoms with Crippen molar-refractivity contribution >= 4 is 11.9 Å². The van der Waals surface area contributed by atoms with Crippen LogP contribution in [-0.4, -0.2) is 38.1 Å². The Bertz CT molecular complexity index is 242. The first-order valence-corrected chi connectivity index (χ1v) is 6.09. The topological polar surface area (TPSA) is 67.4 Å². The molecule has 1 amide bonds. The number of ether oxygens (including phenoxy) is 1. The molecule has 0 radical (unpaired) electrons. The van der Waals surface area contributed by atoms with Crippen LogP contribution in [0.4, 0.5) is 0 Å². The molecule has 0 aliphatic carbocycles. The second-order valence-electron chi connectivity index (χ2n) is 4.40. The van der Waals surface area contributed by atoms with E-state index in [1.807, 2.05) is 7.05 Å². The first-order chi connectivity index (χ1) is 7.97. The highest BCUT2D eigenvalue weighted by molar-refractivity contribution is 5.77. The number of carbonyl (C=O) groups excluding carboxylic acids is 2. The lowest BCUT2D eigenvalue weighted by molar-refractivity contribution is -0.151. The van der Waals surface area contributed by atoms with E-state index in [-0.39, 0.29) is 23.9 Å². The van der Waals surface area contributed by atoms with Crippen LogP contribution < -0.4 is 10.6 Å². The number of nitrogens with one attached hydrogen (secondary N) is 2. The minimum absolute atomic E-state index is 0.0237. The van der Waals surface area contributed by atoms with Gasteiger partial charge in [0, 0.05) is 13.0 Å². The molecule has 100 valence electrons. The standard InChI is InChI=1S/C12H24N2O3/c1-9(2)17-12(16)10(3)8-14-11(15)6-5-7-13-4/h9-10,13H,5-8H2,1-4H3,(H,14,15). The van der Waals surface area contributed by atoms with Crippen molar-refractivity contribution in [2.75, 3.05) is 20.1 Å². The Morgan fingerprint density at radius 1 is 1.24 bits per heavy atom. The first kappa shape index (κ1) is 15.9. The Kier molecular flexibility index (Phi) is 8.40. The first-order valence-electron chi connectivity index (χ1n) is 6.09. The van der Waals surface area contributed by atoms with Gasteiger partial charge in [-0.3, -0.25) is 9.59 Å². The van der Waals surface area contributed by atoms with Crippen molar-refractivity contribution < 1.29 is 14.3 Å². The molecule has 0 fully saturated rings. The van der Waals surface area contributed by atoms with Crippen molar-refractivity contribution in [3.05, 3.63) is 0 Å². The molecule has 0 spiro atoms. The Labute approximate surface area is 103 Å². The normalized spacial score (nSPS) is 12.3. The van der Waals surface area contributed by atoms with Gasteiger partial charge in [0.1, 0.15) is 0 Å². The summed E-state index contributed by atoms with van der Waals surface area (Å²) in [6, 6.07) is 0. The van der Waals surface area contributed by atoms with E-state index in [9.17, 15) is 9.59 Å². The van der Waals surface area contributed by atoms with Gasteiger partial charge in [-0.2, -0.15) is 0 Å². The van der Waals surface area contributed by atoms with E-state index in [0.29, 0.717) is 13.0 Å². The third kappa shape index (κ3) is 8.68. The van der Waals surface area contributed by atoms with E-state index >= 15 is 0 Å². The number of esters is 1. The van der Waals surface area contributed by atoms with Gasteiger partial charge < -0.3 is 15.4 Å². The van der Waals surface area contributed by atoms with Crippen LogP contribution in [0.1, 0.15) is 33.6 Å². The van der Waals surface area contributed by atoms with Crippen molar-refractivity contribution in [1.29, 1.82) is 0 Å². The number of rotatable bonds is 8. The maximum absolute atomic E-state index is 11.4. The molecule has 0 aromatic rings. The zero-order valence-corrected chi connectivity index (χ0v) is 11.2. The van der Waals surface area contributed by atoms with Gasteiger partial charge in [-0.05, 0) is 33.9 Å². The summed E-state index contributed by atoms with van der Waals surface area (Å²) in [5, 5.41) is 5.70. The summed E-state index contributed by atoms with van der Waals surface area (Å²) in [6.45, 7) is 6.52. The number of amides is 1. The van der Waals surface area contributed by atoms with Crippen LogP contribution in [0.3, 0.4) is 0 Å². The Morgan fingerprint density at radius 2 is 1.88 bits per heavy atom. The summed E-state index contributed by atoms with van der Waals surface area (Å²) in [7, 11) is 1.85. The van der Waals surface area contributed by atoms with Gasteiger partial charge in [0.05, 0.1) is 12.0 Å². The molecule has 5 nitrogen and oxygen atoms in total. The lowest BCUT2D eigenvalue weighted by Crippen LogP contribution is -2.33. The smallest absolute Gasteiger partial charge is 0.310 e. The zero-order valence-electron chi connectivity index (χ0n) is 11.2. The molecule has 0 aromatic carbocycles. The summed E-state index contributed by atoms with van der Waals surface area (Å²) < 4.78 is 5.04. The highest BCUT2D eigenvalue weighted by Gasteiger charge is 2.16. The molecule has 0 heterocycles. The lowest BCUT2D eigenvalue weighted by Gasteiger charge is -2.14. The third-order valence-electron chi connectivity index (χ3n) is 2.19. The molecule has 0 saturated heterocycles. The fraction of sp³-hybridized carbons (Fsp3) is 0.833. The molecule has 0 aliphatic heterocycles. The summed E-state index contributed by atoms with van der Waals surface area (Å²) in [4.78, 5) is 22.8. The second kappa shape index (κ2) is 8.98. The molecule has 0 rings (SSSR count). The molecule has 1 atom stereocenters. The van der Waals surface area contributed by atoms with Crippen LogP contribution >= 0.6 is 0 Å². The van der Waals surface area contributed by atoms with Crippen molar-refractivity contribution in [3.63, 3.8) is 0 Å². The second-order valence-corrected chi connectivity index (χ2v) is 4.40. The largest absolute Gasteiger partial charge is 0.463 e. The van der Waals surface area contributed by atoms with Gasteiger partial charge in [-0.25, -0.2) is 0 Å². The summed E-state index contributed by atoms with van der Waals surface area (Å²) in [5.74, 6) is -0.592. The van der Waals surface area contributed by atoms with E-state index in [2.05, 4.69) is 10.6 Å². The average molecular weight is 244 g/mol. The van der Waals surface area contributed by atoms with Gasteiger partial charge >= 0.3 is 5.97 Å². The highest BCUT2D eigenvalue weighted by Crippen LogP contribution is 2.00. The van der Waals surface area contributed by atoms with Gasteiger partial charge in [0.2, 0.25) is 5.91 Å². The zero-order chi connectivity index (χ0) is 13.3. The van der Waals surface area contributed by atoms with Gasteiger partial charge in [-0.1, -0.05) is 6.92 Å². The molecule has 2 N–H and O–H groups in total. The van der Waals surface area contributed by atoms with Crippen LogP contribution in [0.25, 0.3) is 0 Å². The van der Waals surface area contributed by atoms with E-state index in [1.165, 1.54) is 0 Å². The fourth-order valence-corrected chi connectivity index (χ4v) is 1.21. The molecule has 0 saturated carbocycles. The quantitative estimate of drug-likeness (QED) is 0.487. The Balaban J connectivity index is 3.71.